The molecule has 2 aromatic rings. The summed E-state index contributed by atoms with van der Waals surface area (Å²) in [6.45, 7) is 0. The molecule has 0 amide bonds. The van der Waals surface area contributed by atoms with Gasteiger partial charge < -0.3 is 5.73 Å². The summed E-state index contributed by atoms with van der Waals surface area (Å²) in [6.07, 6.45) is 1.17. The van der Waals surface area contributed by atoms with Gasteiger partial charge in [0.1, 0.15) is 0 Å². The second kappa shape index (κ2) is 3.43. The van der Waals surface area contributed by atoms with E-state index in [0.29, 0.717) is 15.1 Å². The van der Waals surface area contributed by atoms with Crippen LogP contribution in [0.5, 0.6) is 0 Å². The molecule has 2 rings (SSSR count). The Morgan fingerprint density at radius 2 is 2.13 bits per heavy atom. The van der Waals surface area contributed by atoms with Gasteiger partial charge in [0.25, 0.3) is 0 Å². The van der Waals surface area contributed by atoms with Gasteiger partial charge in [0, 0.05) is 10.7 Å². The van der Waals surface area contributed by atoms with Crippen molar-refractivity contribution >= 4 is 52.5 Å². The Balaban J connectivity index is 2.84. The van der Waals surface area contributed by atoms with Crippen molar-refractivity contribution < 1.29 is 8.42 Å². The van der Waals surface area contributed by atoms with E-state index in [2.05, 4.69) is 20.9 Å². The molecule has 1 aromatic carbocycles. The van der Waals surface area contributed by atoms with Crippen molar-refractivity contribution in [1.82, 2.24) is 4.98 Å². The lowest BCUT2D eigenvalue weighted by Crippen LogP contribution is -1.96. The van der Waals surface area contributed by atoms with Gasteiger partial charge in [-0.1, -0.05) is 11.3 Å². The largest absolute Gasteiger partial charge is 0.375 e. The third-order valence-corrected chi connectivity index (χ3v) is 4.39. The monoisotopic (exact) mass is 306 g/mol. The van der Waals surface area contributed by atoms with Crippen molar-refractivity contribution in [3.63, 3.8) is 0 Å². The van der Waals surface area contributed by atoms with E-state index in [9.17, 15) is 8.42 Å². The number of hydrogen-bond donors (Lipinski definition) is 1. The van der Waals surface area contributed by atoms with Gasteiger partial charge in [0.15, 0.2) is 15.0 Å². The molecular formula is C8H7BrN2O2S2. The molecule has 0 fully saturated rings. The highest BCUT2D eigenvalue weighted by Gasteiger charge is 2.13. The summed E-state index contributed by atoms with van der Waals surface area (Å²) in [4.78, 5) is 4.36. The van der Waals surface area contributed by atoms with E-state index in [-0.39, 0.29) is 4.90 Å². The molecule has 0 aliphatic rings. The van der Waals surface area contributed by atoms with Crippen molar-refractivity contribution in [2.24, 2.45) is 0 Å². The molecule has 0 atom stereocenters. The highest BCUT2D eigenvalue weighted by molar-refractivity contribution is 9.10. The molecule has 80 valence electrons. The van der Waals surface area contributed by atoms with Crippen molar-refractivity contribution in [2.75, 3.05) is 12.0 Å². The molecule has 0 saturated heterocycles. The number of rotatable bonds is 1. The lowest BCUT2D eigenvalue weighted by atomic mass is 10.3. The van der Waals surface area contributed by atoms with Gasteiger partial charge in [-0.25, -0.2) is 13.4 Å². The van der Waals surface area contributed by atoms with E-state index < -0.39 is 9.84 Å². The highest BCUT2D eigenvalue weighted by Crippen LogP contribution is 2.32. The third kappa shape index (κ3) is 1.99. The van der Waals surface area contributed by atoms with E-state index in [4.69, 9.17) is 5.73 Å². The number of nitrogens with two attached hydrogens (primary N) is 1. The number of anilines is 1. The van der Waals surface area contributed by atoms with Gasteiger partial charge in [-0.15, -0.1) is 0 Å². The third-order valence-electron chi connectivity index (χ3n) is 1.87. The van der Waals surface area contributed by atoms with Crippen molar-refractivity contribution in [3.05, 3.63) is 16.6 Å². The van der Waals surface area contributed by atoms with Crippen molar-refractivity contribution in [2.45, 2.75) is 4.90 Å². The lowest BCUT2D eigenvalue weighted by Gasteiger charge is -1.99. The summed E-state index contributed by atoms with van der Waals surface area (Å²) in [5, 5.41) is 0.427. The first-order valence-corrected chi connectivity index (χ1v) is 7.43. The highest BCUT2D eigenvalue weighted by atomic mass is 79.9. The zero-order chi connectivity index (χ0) is 11.2. The van der Waals surface area contributed by atoms with Crippen LogP contribution in [-0.2, 0) is 9.84 Å². The quantitative estimate of drug-likeness (QED) is 0.875. The summed E-state index contributed by atoms with van der Waals surface area (Å²) >= 11 is 4.55. The molecule has 15 heavy (non-hydrogen) atoms. The van der Waals surface area contributed by atoms with Crippen LogP contribution in [-0.4, -0.2) is 19.7 Å². The number of thiazole rings is 1. The molecule has 0 aliphatic carbocycles. The van der Waals surface area contributed by atoms with Crippen molar-refractivity contribution in [1.29, 1.82) is 0 Å². The first kappa shape index (κ1) is 10.8. The van der Waals surface area contributed by atoms with Crippen LogP contribution >= 0.6 is 27.3 Å². The number of benzene rings is 1. The molecule has 0 aliphatic heterocycles. The Morgan fingerprint density at radius 3 is 2.73 bits per heavy atom. The molecule has 0 bridgehead atoms. The Morgan fingerprint density at radius 1 is 1.47 bits per heavy atom. The van der Waals surface area contributed by atoms with E-state index in [0.717, 1.165) is 4.70 Å². The van der Waals surface area contributed by atoms with Crippen LogP contribution < -0.4 is 5.73 Å². The summed E-state index contributed by atoms with van der Waals surface area (Å²) in [5.41, 5.74) is 6.25. The number of aromatic nitrogens is 1. The van der Waals surface area contributed by atoms with Crippen LogP contribution in [0, 0.1) is 0 Å². The van der Waals surface area contributed by atoms with Crippen LogP contribution in [0.3, 0.4) is 0 Å². The fourth-order valence-corrected chi connectivity index (χ4v) is 3.57. The van der Waals surface area contributed by atoms with Crippen LogP contribution in [0.2, 0.25) is 0 Å². The SMILES string of the molecule is CS(=O)(=O)c1cc(Br)c2nc(N)sc2c1. The van der Waals surface area contributed by atoms with E-state index >= 15 is 0 Å². The maximum atomic E-state index is 11.4. The molecule has 1 heterocycles. The van der Waals surface area contributed by atoms with Gasteiger partial charge in [0.05, 0.1) is 15.1 Å². The molecular weight excluding hydrogens is 300 g/mol. The first-order valence-electron chi connectivity index (χ1n) is 3.93. The Bertz CT molecular complexity index is 633. The minimum absolute atomic E-state index is 0.269. The number of fused-ring (bicyclic) bond motifs is 1. The van der Waals surface area contributed by atoms with E-state index in [1.807, 2.05) is 0 Å². The molecule has 0 unspecified atom stereocenters. The Labute approximate surface area is 99.2 Å². The minimum Gasteiger partial charge on any atom is -0.375 e. The van der Waals surface area contributed by atoms with E-state index in [1.165, 1.54) is 23.7 Å². The van der Waals surface area contributed by atoms with Gasteiger partial charge in [-0.05, 0) is 28.1 Å². The first-order chi connectivity index (χ1) is 6.88. The van der Waals surface area contributed by atoms with Gasteiger partial charge in [-0.3, -0.25) is 0 Å². The van der Waals surface area contributed by atoms with Crippen molar-refractivity contribution in [3.8, 4) is 0 Å². The lowest BCUT2D eigenvalue weighted by molar-refractivity contribution is 0.602. The van der Waals surface area contributed by atoms with Crippen LogP contribution in [0.25, 0.3) is 10.2 Å². The fourth-order valence-electron chi connectivity index (χ4n) is 1.20. The predicted octanol–water partition coefficient (Wildman–Crippen LogP) is 2.04. The molecule has 0 radical (unpaired) electrons. The second-order valence-corrected chi connectivity index (χ2v) is 7.01. The second-order valence-electron chi connectivity index (χ2n) is 3.08. The van der Waals surface area contributed by atoms with Gasteiger partial charge in [0.2, 0.25) is 0 Å². The Hall–Kier alpha value is -0.660. The zero-order valence-corrected chi connectivity index (χ0v) is 10.9. The van der Waals surface area contributed by atoms with Crippen LogP contribution in [0.1, 0.15) is 0 Å². The summed E-state index contributed by atoms with van der Waals surface area (Å²) in [7, 11) is -3.20. The molecule has 0 spiro atoms. The standard InChI is InChI=1S/C8H7BrN2O2S2/c1-15(12,13)4-2-5(9)7-6(3-4)14-8(10)11-7/h2-3H,1H3,(H2,10,11). The van der Waals surface area contributed by atoms with Gasteiger partial charge in [-0.2, -0.15) is 0 Å². The number of nitrogen functional groups attached to an aromatic ring is 1. The predicted molar refractivity (Wildman–Crippen MR) is 64.8 cm³/mol. The maximum Gasteiger partial charge on any atom is 0.181 e. The molecule has 7 heteroatoms. The minimum atomic E-state index is -3.20. The van der Waals surface area contributed by atoms with E-state index in [1.54, 1.807) is 6.07 Å². The van der Waals surface area contributed by atoms with Gasteiger partial charge >= 0.3 is 0 Å². The molecule has 1 aromatic heterocycles. The molecule has 2 N–H and O–H groups in total. The smallest absolute Gasteiger partial charge is 0.181 e. The van der Waals surface area contributed by atoms with Crippen LogP contribution in [0.15, 0.2) is 21.5 Å². The summed E-state index contributed by atoms with van der Waals surface area (Å²) in [5.74, 6) is 0. The summed E-state index contributed by atoms with van der Waals surface area (Å²) in [6, 6.07) is 3.13. The average Bonchev–Trinajstić information content (AvgIpc) is 2.44. The molecule has 0 saturated carbocycles. The number of nitrogens with zero attached hydrogens (tertiary/aromatic N) is 1. The average molecular weight is 307 g/mol. The Kier molecular flexibility index (Phi) is 2.48. The normalized spacial score (nSPS) is 12.1. The summed E-state index contributed by atoms with van der Waals surface area (Å²) < 4.78 is 24.1. The number of hydrogen-bond acceptors (Lipinski definition) is 5. The van der Waals surface area contributed by atoms with Crippen LogP contribution in [0.4, 0.5) is 5.13 Å². The topological polar surface area (TPSA) is 73.0 Å². The fraction of sp³-hybridized carbons (Fsp3) is 0.125. The number of sulfone groups is 1. The maximum absolute atomic E-state index is 11.4. The zero-order valence-electron chi connectivity index (χ0n) is 7.69. The molecule has 4 nitrogen and oxygen atoms in total. The number of halogens is 1.